The van der Waals surface area contributed by atoms with Crippen molar-refractivity contribution in [1.29, 1.82) is 10.5 Å². The Morgan fingerprint density at radius 2 is 2.15 bits per heavy atom. The molecule has 0 aromatic heterocycles. The van der Waals surface area contributed by atoms with E-state index >= 15 is 0 Å². The molecule has 27 heavy (non-hydrogen) atoms. The first kappa shape index (κ1) is 19.1. The van der Waals surface area contributed by atoms with E-state index in [4.69, 9.17) is 10.00 Å². The average molecular weight is 368 g/mol. The summed E-state index contributed by atoms with van der Waals surface area (Å²) in [5.41, 5.74) is 0.501. The summed E-state index contributed by atoms with van der Waals surface area (Å²) in [6, 6.07) is 6.96. The molecule has 2 aliphatic rings. The molecule has 0 aliphatic carbocycles. The van der Waals surface area contributed by atoms with Gasteiger partial charge in [0.15, 0.2) is 0 Å². The lowest BCUT2D eigenvalue weighted by atomic mass is 9.86. The first-order chi connectivity index (χ1) is 12.9. The molecule has 0 spiro atoms. The van der Waals surface area contributed by atoms with Gasteiger partial charge in [0.1, 0.15) is 23.3 Å². The third kappa shape index (κ3) is 3.88. The fourth-order valence-corrected chi connectivity index (χ4v) is 3.47. The zero-order valence-corrected chi connectivity index (χ0v) is 15.8. The summed E-state index contributed by atoms with van der Waals surface area (Å²) >= 11 is 0. The van der Waals surface area contributed by atoms with E-state index in [2.05, 4.69) is 21.3 Å². The number of aliphatic imine (C=N–C) groups is 1. The molecule has 2 heterocycles. The van der Waals surface area contributed by atoms with Gasteiger partial charge in [-0.2, -0.15) is 15.5 Å². The van der Waals surface area contributed by atoms with Crippen LogP contribution in [0, 0.1) is 22.8 Å². The van der Waals surface area contributed by atoms with Crippen molar-refractivity contribution >= 4 is 5.84 Å². The standard InChI is InChI=1S/C19H24N6O2/c1-19(2)18(26)17(14-8-13(9-20)4-5-15(14)27-19)23-12-25-7-6-24(3)10-16(25)22-11-21/h4-5,8,17-18,23,26H,6-7,10,12H2,1-3H3/t17-,18+/m0/s1. The van der Waals surface area contributed by atoms with Gasteiger partial charge in [0.2, 0.25) is 6.19 Å². The molecular weight excluding hydrogens is 344 g/mol. The molecule has 1 fully saturated rings. The van der Waals surface area contributed by atoms with Crippen LogP contribution in [0.3, 0.4) is 0 Å². The third-order valence-corrected chi connectivity index (χ3v) is 5.08. The number of piperazine rings is 1. The number of rotatable bonds is 3. The van der Waals surface area contributed by atoms with E-state index in [0.29, 0.717) is 30.4 Å². The number of nitriles is 2. The zero-order valence-electron chi connectivity index (χ0n) is 15.8. The van der Waals surface area contributed by atoms with Crippen LogP contribution in [0.15, 0.2) is 23.2 Å². The lowest BCUT2D eigenvalue weighted by molar-refractivity contribution is -0.0660. The Kier molecular flexibility index (Phi) is 5.33. The Balaban J connectivity index is 1.84. The van der Waals surface area contributed by atoms with Crippen molar-refractivity contribution < 1.29 is 9.84 Å². The van der Waals surface area contributed by atoms with Crippen LogP contribution in [0.2, 0.25) is 0 Å². The van der Waals surface area contributed by atoms with Crippen molar-refractivity contribution in [2.24, 2.45) is 4.99 Å². The Morgan fingerprint density at radius 1 is 1.37 bits per heavy atom. The van der Waals surface area contributed by atoms with Gasteiger partial charge >= 0.3 is 0 Å². The van der Waals surface area contributed by atoms with E-state index in [0.717, 1.165) is 18.7 Å². The van der Waals surface area contributed by atoms with Crippen LogP contribution in [-0.4, -0.2) is 65.8 Å². The fraction of sp³-hybridized carbons (Fsp3) is 0.526. The van der Waals surface area contributed by atoms with Crippen molar-refractivity contribution in [1.82, 2.24) is 15.1 Å². The van der Waals surface area contributed by atoms with Gasteiger partial charge in [-0.1, -0.05) is 0 Å². The second-order valence-electron chi connectivity index (χ2n) is 7.48. The SMILES string of the molecule is CN1CCN(CN[C@H]2c3cc(C#N)ccc3OC(C)(C)[C@@H]2O)C(=NC#N)C1. The quantitative estimate of drug-likeness (QED) is 0.760. The fourth-order valence-electron chi connectivity index (χ4n) is 3.47. The lowest BCUT2D eigenvalue weighted by Gasteiger charge is -2.43. The highest BCUT2D eigenvalue weighted by Gasteiger charge is 2.43. The maximum atomic E-state index is 10.9. The molecule has 1 aromatic rings. The molecule has 1 saturated heterocycles. The maximum absolute atomic E-state index is 10.9. The summed E-state index contributed by atoms with van der Waals surface area (Å²) in [5, 5.41) is 32.4. The highest BCUT2D eigenvalue weighted by Crippen LogP contribution is 2.40. The molecule has 3 rings (SSSR count). The van der Waals surface area contributed by atoms with Crippen molar-refractivity contribution in [3.8, 4) is 18.0 Å². The van der Waals surface area contributed by atoms with Crippen LogP contribution in [-0.2, 0) is 0 Å². The summed E-state index contributed by atoms with van der Waals surface area (Å²) in [5.74, 6) is 1.36. The third-order valence-electron chi connectivity index (χ3n) is 5.08. The van der Waals surface area contributed by atoms with Gasteiger partial charge in [-0.05, 0) is 39.1 Å². The minimum absolute atomic E-state index is 0.403. The van der Waals surface area contributed by atoms with E-state index in [1.807, 2.05) is 32.0 Å². The summed E-state index contributed by atoms with van der Waals surface area (Å²) in [7, 11) is 1.99. The summed E-state index contributed by atoms with van der Waals surface area (Å²) < 4.78 is 5.94. The van der Waals surface area contributed by atoms with Crippen molar-refractivity contribution in [3.05, 3.63) is 29.3 Å². The first-order valence-corrected chi connectivity index (χ1v) is 8.89. The molecule has 0 unspecified atom stereocenters. The number of aliphatic hydroxyl groups is 1. The second-order valence-corrected chi connectivity index (χ2v) is 7.48. The normalized spacial score (nSPS) is 26.0. The number of amidine groups is 1. The van der Waals surface area contributed by atoms with E-state index in [-0.39, 0.29) is 0 Å². The number of hydrogen-bond acceptors (Lipinski definition) is 7. The molecule has 0 amide bonds. The number of aliphatic hydroxyl groups excluding tert-OH is 1. The molecule has 2 aliphatic heterocycles. The monoisotopic (exact) mass is 368 g/mol. The summed E-state index contributed by atoms with van der Waals surface area (Å²) in [4.78, 5) is 8.05. The number of likely N-dealkylation sites (N-methyl/N-ethyl adjacent to an activating group) is 1. The van der Waals surface area contributed by atoms with Crippen molar-refractivity contribution in [3.63, 3.8) is 0 Å². The lowest BCUT2D eigenvalue weighted by Crippen LogP contribution is -2.56. The maximum Gasteiger partial charge on any atom is 0.207 e. The summed E-state index contributed by atoms with van der Waals surface area (Å²) in [6.07, 6.45) is 1.06. The van der Waals surface area contributed by atoms with Gasteiger partial charge in [0, 0.05) is 18.7 Å². The molecule has 8 heteroatoms. The van der Waals surface area contributed by atoms with Gasteiger partial charge in [-0.25, -0.2) is 0 Å². The van der Waals surface area contributed by atoms with E-state index in [1.54, 1.807) is 18.2 Å². The van der Waals surface area contributed by atoms with Gasteiger partial charge in [-0.15, -0.1) is 0 Å². The second kappa shape index (κ2) is 7.53. The Labute approximate surface area is 159 Å². The number of hydrogen-bond donors (Lipinski definition) is 2. The molecule has 2 atom stereocenters. The van der Waals surface area contributed by atoms with Crippen LogP contribution in [0.25, 0.3) is 0 Å². The minimum Gasteiger partial charge on any atom is -0.485 e. The molecular formula is C19H24N6O2. The van der Waals surface area contributed by atoms with Crippen LogP contribution in [0.1, 0.15) is 31.0 Å². The topological polar surface area (TPSA) is 108 Å². The van der Waals surface area contributed by atoms with Crippen molar-refractivity contribution in [2.45, 2.75) is 31.6 Å². The molecule has 0 saturated carbocycles. The minimum atomic E-state index is -0.803. The van der Waals surface area contributed by atoms with E-state index < -0.39 is 17.7 Å². The number of nitrogens with zero attached hydrogens (tertiary/aromatic N) is 5. The smallest absolute Gasteiger partial charge is 0.207 e. The molecule has 0 bridgehead atoms. The van der Waals surface area contributed by atoms with Crippen molar-refractivity contribution in [2.75, 3.05) is 33.4 Å². The van der Waals surface area contributed by atoms with Crippen LogP contribution in [0.5, 0.6) is 5.75 Å². The molecule has 1 aromatic carbocycles. The zero-order chi connectivity index (χ0) is 19.6. The Morgan fingerprint density at radius 3 is 2.85 bits per heavy atom. The van der Waals surface area contributed by atoms with Gasteiger partial charge in [0.05, 0.1) is 30.9 Å². The number of fused-ring (bicyclic) bond motifs is 1. The number of nitrogens with one attached hydrogen (secondary N) is 1. The predicted molar refractivity (Wildman–Crippen MR) is 99.9 cm³/mol. The summed E-state index contributed by atoms with van der Waals surface area (Å²) in [6.45, 7) is 6.31. The highest BCUT2D eigenvalue weighted by atomic mass is 16.5. The largest absolute Gasteiger partial charge is 0.485 e. The predicted octanol–water partition coefficient (Wildman–Crippen LogP) is 0.805. The first-order valence-electron chi connectivity index (χ1n) is 8.89. The van der Waals surface area contributed by atoms with Crippen LogP contribution in [0.4, 0.5) is 0 Å². The number of benzene rings is 1. The van der Waals surface area contributed by atoms with Crippen LogP contribution < -0.4 is 10.1 Å². The van der Waals surface area contributed by atoms with Gasteiger partial charge < -0.3 is 14.7 Å². The van der Waals surface area contributed by atoms with Gasteiger partial charge in [0.25, 0.3) is 0 Å². The number of ether oxygens (including phenoxy) is 1. The molecule has 2 N–H and O–H groups in total. The molecule has 142 valence electrons. The van der Waals surface area contributed by atoms with Crippen LogP contribution >= 0.6 is 0 Å². The van der Waals surface area contributed by atoms with E-state index in [1.165, 1.54) is 0 Å². The molecule has 0 radical (unpaired) electrons. The van der Waals surface area contributed by atoms with E-state index in [9.17, 15) is 10.4 Å². The van der Waals surface area contributed by atoms with Gasteiger partial charge in [-0.3, -0.25) is 10.2 Å². The average Bonchev–Trinajstić information content (AvgIpc) is 2.63. The highest BCUT2D eigenvalue weighted by molar-refractivity contribution is 5.85. The Bertz CT molecular complexity index is 822. The molecule has 8 nitrogen and oxygen atoms in total. The Hall–Kier alpha value is -2.65.